The highest BCUT2D eigenvalue weighted by Gasteiger charge is 2.33. The van der Waals surface area contributed by atoms with Crippen molar-refractivity contribution in [1.82, 2.24) is 14.8 Å². The molecule has 0 saturated carbocycles. The Labute approximate surface area is 287 Å². The van der Waals surface area contributed by atoms with E-state index in [2.05, 4.69) is 25.3 Å². The van der Waals surface area contributed by atoms with Crippen LogP contribution < -0.4 is 0 Å². The average Bonchev–Trinajstić information content (AvgIpc) is 3.51. The molecule has 0 spiro atoms. The van der Waals surface area contributed by atoms with Gasteiger partial charge in [0, 0.05) is 54.7 Å². The van der Waals surface area contributed by atoms with Gasteiger partial charge >= 0.3 is 6.18 Å². The number of halogens is 3. The van der Waals surface area contributed by atoms with Crippen LogP contribution in [0, 0.1) is 5.92 Å². The summed E-state index contributed by atoms with van der Waals surface area (Å²) < 4.78 is 39.3. The molecule has 5 nitrogen and oxygen atoms in total. The van der Waals surface area contributed by atoms with Crippen LogP contribution in [0.2, 0.25) is 0 Å². The van der Waals surface area contributed by atoms with E-state index in [-0.39, 0.29) is 23.7 Å². The minimum Gasteiger partial charge on any atom is -0.339 e. The van der Waals surface area contributed by atoms with Crippen molar-refractivity contribution in [3.63, 3.8) is 0 Å². The maximum atomic E-state index is 13.9. The van der Waals surface area contributed by atoms with Gasteiger partial charge in [0.2, 0.25) is 0 Å². The Morgan fingerprint density at radius 2 is 1.75 bits per heavy atom. The Kier molecular flexibility index (Phi) is 10.2. The molecule has 6 rings (SSSR count). The van der Waals surface area contributed by atoms with Gasteiger partial charge in [0.1, 0.15) is 5.69 Å². The molecule has 1 aromatic heterocycles. The summed E-state index contributed by atoms with van der Waals surface area (Å²) in [6, 6.07) is 11.9. The van der Waals surface area contributed by atoms with E-state index in [1.807, 2.05) is 34.2 Å². The van der Waals surface area contributed by atoms with E-state index in [1.54, 1.807) is 35.2 Å². The van der Waals surface area contributed by atoms with E-state index in [9.17, 15) is 22.8 Å². The van der Waals surface area contributed by atoms with Gasteiger partial charge in [0.15, 0.2) is 0 Å². The molecule has 0 aliphatic carbocycles. The van der Waals surface area contributed by atoms with E-state index in [0.29, 0.717) is 61.4 Å². The zero-order valence-electron chi connectivity index (χ0n) is 26.4. The van der Waals surface area contributed by atoms with Gasteiger partial charge in [-0.1, -0.05) is 73.9 Å². The largest absolute Gasteiger partial charge is 0.416 e. The highest BCUT2D eigenvalue weighted by Crippen LogP contribution is 2.38. The molecule has 2 amide bonds. The van der Waals surface area contributed by atoms with E-state index < -0.39 is 11.7 Å². The first-order valence-electron chi connectivity index (χ1n) is 15.9. The molecule has 3 aromatic rings. The highest BCUT2D eigenvalue weighted by atomic mass is 32.2. The van der Waals surface area contributed by atoms with Crippen LogP contribution in [-0.4, -0.2) is 58.5 Å². The highest BCUT2D eigenvalue weighted by molar-refractivity contribution is 8.03. The third-order valence-electron chi connectivity index (χ3n) is 9.08. The number of allylic oxidation sites excluding steroid dienone is 4. The molecule has 0 N–H and O–H groups in total. The maximum absolute atomic E-state index is 13.9. The van der Waals surface area contributed by atoms with Gasteiger partial charge in [0.05, 0.1) is 10.6 Å². The first-order chi connectivity index (χ1) is 23.1. The lowest BCUT2D eigenvalue weighted by molar-refractivity contribution is -0.137. The Morgan fingerprint density at radius 1 is 1.00 bits per heavy atom. The average molecular weight is 688 g/mol. The number of aromatic nitrogens is 1. The minimum absolute atomic E-state index is 0.0896. The van der Waals surface area contributed by atoms with Crippen LogP contribution >= 0.6 is 23.1 Å². The van der Waals surface area contributed by atoms with Crippen molar-refractivity contribution >= 4 is 34.9 Å². The molecule has 0 radical (unpaired) electrons. The summed E-state index contributed by atoms with van der Waals surface area (Å²) in [6.07, 6.45) is 7.70. The van der Waals surface area contributed by atoms with Crippen LogP contribution in [0.1, 0.15) is 56.6 Å². The Balaban J connectivity index is 1.12. The van der Waals surface area contributed by atoms with E-state index in [4.69, 9.17) is 4.98 Å². The predicted molar refractivity (Wildman–Crippen MR) is 188 cm³/mol. The second kappa shape index (κ2) is 14.5. The first kappa shape index (κ1) is 33.7. The number of benzene rings is 2. The number of piperidine rings is 1. The lowest BCUT2D eigenvalue weighted by Gasteiger charge is -2.31. The van der Waals surface area contributed by atoms with Crippen molar-refractivity contribution in [2.24, 2.45) is 5.92 Å². The quantitative estimate of drug-likeness (QED) is 0.233. The zero-order chi connectivity index (χ0) is 33.8. The number of amides is 2. The molecule has 4 heterocycles. The lowest BCUT2D eigenvalue weighted by atomic mass is 9.94. The van der Waals surface area contributed by atoms with Gasteiger partial charge in [-0.3, -0.25) is 9.59 Å². The number of thiazole rings is 1. The molecule has 1 atom stereocenters. The second-order valence-electron chi connectivity index (χ2n) is 12.2. The van der Waals surface area contributed by atoms with Crippen molar-refractivity contribution < 1.29 is 22.8 Å². The topological polar surface area (TPSA) is 53.5 Å². The smallest absolute Gasteiger partial charge is 0.339 e. The maximum Gasteiger partial charge on any atom is 0.416 e. The van der Waals surface area contributed by atoms with Crippen molar-refractivity contribution in [1.29, 1.82) is 0 Å². The van der Waals surface area contributed by atoms with Crippen LogP contribution in [0.25, 0.3) is 11.1 Å². The SMILES string of the molecule is C=C/C=C\C(=C)C1CC2=C(C=CCS2)CN(C(=O)c2csc(C3CCN(C(=O)c4ccccc4-c4ccc(C(F)(F)F)cc4)CC3)n2)C1. The standard InChI is InChI=1S/C38H36F3N3O2S2/c1-3-4-8-25(2)29-21-34-28(9-7-20-47-34)22-44(23-29)37(46)33-24-48-35(42-33)27-16-18-43(19-17-27)36(45)32-11-6-5-10-31(32)26-12-14-30(15-13-26)38(39,40)41/h3-15,24,27,29H,1-2,16-23H2/b8-4-. The van der Waals surface area contributed by atoms with Crippen molar-refractivity contribution in [2.75, 3.05) is 31.9 Å². The van der Waals surface area contributed by atoms with Crippen LogP contribution in [-0.2, 0) is 6.18 Å². The molecule has 248 valence electrons. The summed E-state index contributed by atoms with van der Waals surface area (Å²) >= 11 is 3.32. The summed E-state index contributed by atoms with van der Waals surface area (Å²) in [5, 5.41) is 2.75. The van der Waals surface area contributed by atoms with Crippen LogP contribution in [0.3, 0.4) is 0 Å². The number of likely N-dealkylation sites (tertiary alicyclic amines) is 1. The Bertz CT molecular complexity index is 1800. The predicted octanol–water partition coefficient (Wildman–Crippen LogP) is 9.17. The van der Waals surface area contributed by atoms with Gasteiger partial charge in [-0.25, -0.2) is 4.98 Å². The number of nitrogens with zero attached hydrogens (tertiary/aromatic N) is 3. The first-order valence-corrected chi connectivity index (χ1v) is 17.8. The van der Waals surface area contributed by atoms with Gasteiger partial charge in [-0.05, 0) is 64.6 Å². The van der Waals surface area contributed by atoms with Crippen molar-refractivity contribution in [3.05, 3.63) is 135 Å². The molecular formula is C38H36F3N3O2S2. The van der Waals surface area contributed by atoms with Crippen LogP contribution in [0.4, 0.5) is 13.2 Å². The number of carbonyl (C=O) groups excluding carboxylic acids is 2. The van der Waals surface area contributed by atoms with Crippen molar-refractivity contribution in [3.8, 4) is 11.1 Å². The molecule has 0 bridgehead atoms. The zero-order valence-corrected chi connectivity index (χ0v) is 28.1. The number of hydrogen-bond acceptors (Lipinski definition) is 5. The van der Waals surface area contributed by atoms with E-state index >= 15 is 0 Å². The minimum atomic E-state index is -4.42. The summed E-state index contributed by atoms with van der Waals surface area (Å²) in [6.45, 7) is 10.2. The third kappa shape index (κ3) is 7.45. The van der Waals surface area contributed by atoms with Crippen LogP contribution in [0.15, 0.2) is 114 Å². The van der Waals surface area contributed by atoms with Crippen LogP contribution in [0.5, 0.6) is 0 Å². The van der Waals surface area contributed by atoms with Gasteiger partial charge in [0.25, 0.3) is 11.8 Å². The summed E-state index contributed by atoms with van der Waals surface area (Å²) in [4.78, 5) is 37.3. The Hall–Kier alpha value is -4.15. The normalized spacial score (nSPS) is 18.9. The molecule has 3 aliphatic rings. The fourth-order valence-corrected chi connectivity index (χ4v) is 8.40. The van der Waals surface area contributed by atoms with Gasteiger partial charge in [-0.15, -0.1) is 23.1 Å². The number of alkyl halides is 3. The molecule has 10 heteroatoms. The van der Waals surface area contributed by atoms with Gasteiger partial charge < -0.3 is 9.80 Å². The van der Waals surface area contributed by atoms with Gasteiger partial charge in [-0.2, -0.15) is 13.2 Å². The molecule has 48 heavy (non-hydrogen) atoms. The second-order valence-corrected chi connectivity index (χ2v) is 14.2. The summed E-state index contributed by atoms with van der Waals surface area (Å²) in [5.41, 5.74) is 3.48. The fourth-order valence-electron chi connectivity index (χ4n) is 6.41. The third-order valence-corrected chi connectivity index (χ3v) is 11.2. The number of carbonyl (C=O) groups is 2. The monoisotopic (exact) mass is 687 g/mol. The summed E-state index contributed by atoms with van der Waals surface area (Å²) in [5.74, 6) is 0.912. The number of thioether (sulfide) groups is 1. The molecular weight excluding hydrogens is 652 g/mol. The number of hydrogen-bond donors (Lipinski definition) is 0. The summed E-state index contributed by atoms with van der Waals surface area (Å²) in [7, 11) is 0. The lowest BCUT2D eigenvalue weighted by Crippen LogP contribution is -2.38. The molecule has 2 aromatic carbocycles. The fraction of sp³-hybridized carbons (Fsp3) is 0.289. The molecule has 1 fully saturated rings. The van der Waals surface area contributed by atoms with Crippen molar-refractivity contribution in [2.45, 2.75) is 31.4 Å². The molecule has 1 unspecified atom stereocenters. The van der Waals surface area contributed by atoms with E-state index in [0.717, 1.165) is 34.9 Å². The Morgan fingerprint density at radius 3 is 2.48 bits per heavy atom. The molecule has 1 saturated heterocycles. The molecule has 3 aliphatic heterocycles. The number of rotatable bonds is 7. The van der Waals surface area contributed by atoms with E-state index in [1.165, 1.54) is 33.9 Å².